The molecule has 30 heavy (non-hydrogen) atoms. The minimum atomic E-state index is 0.0262. The van der Waals surface area contributed by atoms with E-state index in [2.05, 4.69) is 4.90 Å². The molecule has 1 aliphatic heterocycles. The van der Waals surface area contributed by atoms with E-state index in [0.717, 1.165) is 47.2 Å². The van der Waals surface area contributed by atoms with Crippen LogP contribution in [0.1, 0.15) is 16.1 Å². The average molecular weight is 409 g/mol. The summed E-state index contributed by atoms with van der Waals surface area (Å²) >= 11 is 0. The lowest BCUT2D eigenvalue weighted by molar-refractivity contribution is 0.0737. The molecule has 1 aromatic carbocycles. The Balaban J connectivity index is 1.53. The molecule has 158 valence electrons. The summed E-state index contributed by atoms with van der Waals surface area (Å²) in [5, 5.41) is 0. The van der Waals surface area contributed by atoms with Gasteiger partial charge in [-0.05, 0) is 36.8 Å². The Morgan fingerprint density at radius 2 is 1.83 bits per heavy atom. The number of aryl methyl sites for hydroxylation is 2. The summed E-state index contributed by atoms with van der Waals surface area (Å²) in [4.78, 5) is 17.6. The lowest BCUT2D eigenvalue weighted by atomic mass is 10.1. The van der Waals surface area contributed by atoms with E-state index in [1.807, 2.05) is 60.0 Å². The van der Waals surface area contributed by atoms with Crippen molar-refractivity contribution in [3.63, 3.8) is 0 Å². The summed E-state index contributed by atoms with van der Waals surface area (Å²) < 4.78 is 18.3. The summed E-state index contributed by atoms with van der Waals surface area (Å²) in [5.74, 6) is 2.28. The Kier molecular flexibility index (Phi) is 5.44. The lowest BCUT2D eigenvalue weighted by Gasteiger charge is -2.36. The fourth-order valence-electron chi connectivity index (χ4n) is 4.12. The Hall–Kier alpha value is -3.35. The van der Waals surface area contributed by atoms with E-state index in [1.54, 1.807) is 20.5 Å². The highest BCUT2D eigenvalue weighted by molar-refractivity contribution is 6.00. The van der Waals surface area contributed by atoms with E-state index in [0.29, 0.717) is 18.8 Å². The molecule has 0 N–H and O–H groups in total. The van der Waals surface area contributed by atoms with Gasteiger partial charge in [0.25, 0.3) is 5.91 Å². The maximum atomic E-state index is 13.4. The van der Waals surface area contributed by atoms with Crippen molar-refractivity contribution in [3.05, 3.63) is 54.0 Å². The second-order valence-corrected chi connectivity index (χ2v) is 7.44. The molecule has 4 rings (SSSR count). The fourth-order valence-corrected chi connectivity index (χ4v) is 4.12. The quantitative estimate of drug-likeness (QED) is 0.645. The number of nitrogens with zero attached hydrogens (tertiary/aromatic N) is 3. The van der Waals surface area contributed by atoms with Crippen molar-refractivity contribution in [2.45, 2.75) is 6.92 Å². The van der Waals surface area contributed by atoms with Crippen LogP contribution in [0.4, 0.5) is 5.69 Å². The number of anilines is 1. The van der Waals surface area contributed by atoms with Gasteiger partial charge in [0.1, 0.15) is 23.0 Å². The van der Waals surface area contributed by atoms with Crippen LogP contribution in [0, 0.1) is 6.92 Å². The van der Waals surface area contributed by atoms with Gasteiger partial charge in [0.15, 0.2) is 0 Å². The van der Waals surface area contributed by atoms with Crippen LogP contribution in [-0.4, -0.2) is 55.8 Å². The molecule has 0 aliphatic carbocycles. The molecule has 7 heteroatoms. The smallest absolute Gasteiger partial charge is 0.271 e. The molecule has 0 spiro atoms. The number of amides is 1. The number of furan rings is 1. The molecule has 1 aliphatic rings. The zero-order valence-corrected chi connectivity index (χ0v) is 17.8. The van der Waals surface area contributed by atoms with Crippen LogP contribution < -0.4 is 14.4 Å². The zero-order valence-electron chi connectivity index (χ0n) is 17.8. The Labute approximate surface area is 176 Å². The number of hydrogen-bond acceptors (Lipinski definition) is 5. The van der Waals surface area contributed by atoms with Crippen molar-refractivity contribution in [2.75, 3.05) is 45.3 Å². The molecule has 0 unspecified atom stereocenters. The average Bonchev–Trinajstić information content (AvgIpc) is 3.40. The highest BCUT2D eigenvalue weighted by Crippen LogP contribution is 2.34. The van der Waals surface area contributed by atoms with E-state index >= 15 is 0 Å². The van der Waals surface area contributed by atoms with E-state index in [1.165, 1.54) is 0 Å². The van der Waals surface area contributed by atoms with Gasteiger partial charge >= 0.3 is 0 Å². The topological polar surface area (TPSA) is 60.1 Å². The number of methoxy groups -OCH3 is 2. The minimum absolute atomic E-state index is 0.0262. The number of ether oxygens (including phenoxy) is 2. The molecule has 0 radical (unpaired) electrons. The number of rotatable bonds is 5. The second kappa shape index (κ2) is 8.18. The molecule has 0 bridgehead atoms. The van der Waals surface area contributed by atoms with Crippen molar-refractivity contribution in [1.29, 1.82) is 0 Å². The maximum absolute atomic E-state index is 13.4. The van der Waals surface area contributed by atoms with Crippen molar-refractivity contribution >= 4 is 11.6 Å². The van der Waals surface area contributed by atoms with Gasteiger partial charge in [-0.3, -0.25) is 4.79 Å². The van der Waals surface area contributed by atoms with Crippen LogP contribution in [0.25, 0.3) is 11.3 Å². The molecule has 1 saturated heterocycles. The first-order valence-corrected chi connectivity index (χ1v) is 9.99. The summed E-state index contributed by atoms with van der Waals surface area (Å²) in [7, 11) is 5.21. The first-order chi connectivity index (χ1) is 14.5. The molecule has 3 aromatic rings. The van der Waals surface area contributed by atoms with Crippen molar-refractivity contribution in [1.82, 2.24) is 9.47 Å². The second-order valence-electron chi connectivity index (χ2n) is 7.44. The van der Waals surface area contributed by atoms with E-state index < -0.39 is 0 Å². The fraction of sp³-hybridized carbons (Fsp3) is 0.348. The van der Waals surface area contributed by atoms with E-state index in [4.69, 9.17) is 13.9 Å². The predicted octanol–water partition coefficient (Wildman–Crippen LogP) is 3.57. The molecule has 3 heterocycles. The third-order valence-corrected chi connectivity index (χ3v) is 5.64. The Morgan fingerprint density at radius 1 is 1.07 bits per heavy atom. The molecule has 1 fully saturated rings. The van der Waals surface area contributed by atoms with E-state index in [-0.39, 0.29) is 5.91 Å². The Bertz CT molecular complexity index is 1030. The van der Waals surface area contributed by atoms with Crippen LogP contribution in [0.2, 0.25) is 0 Å². The number of hydrogen-bond donors (Lipinski definition) is 0. The third-order valence-electron chi connectivity index (χ3n) is 5.64. The minimum Gasteiger partial charge on any atom is -0.497 e. The summed E-state index contributed by atoms with van der Waals surface area (Å²) in [6, 6.07) is 9.56. The first kappa shape index (κ1) is 19.9. The van der Waals surface area contributed by atoms with Gasteiger partial charge in [0.2, 0.25) is 0 Å². The number of piperazine rings is 1. The van der Waals surface area contributed by atoms with E-state index in [9.17, 15) is 4.79 Å². The summed E-state index contributed by atoms with van der Waals surface area (Å²) in [5.41, 5.74) is 3.57. The summed E-state index contributed by atoms with van der Waals surface area (Å²) in [6.45, 7) is 4.73. The highest BCUT2D eigenvalue weighted by Gasteiger charge is 2.29. The van der Waals surface area contributed by atoms with Crippen molar-refractivity contribution < 1.29 is 18.7 Å². The van der Waals surface area contributed by atoms with Gasteiger partial charge in [-0.1, -0.05) is 0 Å². The van der Waals surface area contributed by atoms with Crippen LogP contribution in [0.15, 0.2) is 47.2 Å². The lowest BCUT2D eigenvalue weighted by Crippen LogP contribution is -2.49. The van der Waals surface area contributed by atoms with Crippen LogP contribution in [-0.2, 0) is 7.05 Å². The molecular weight excluding hydrogens is 382 g/mol. The SMILES string of the molecule is COc1ccc(N2CCN(C(=O)c3c(-c4ccco4)c(C)cn3C)CC2)c(OC)c1. The molecular formula is C23H27N3O4. The molecule has 1 amide bonds. The first-order valence-electron chi connectivity index (χ1n) is 9.99. The molecule has 2 aromatic heterocycles. The van der Waals surface area contributed by atoms with Gasteiger partial charge in [-0.25, -0.2) is 0 Å². The summed E-state index contributed by atoms with van der Waals surface area (Å²) in [6.07, 6.45) is 3.61. The number of carbonyl (C=O) groups excluding carboxylic acids is 1. The number of carbonyl (C=O) groups is 1. The maximum Gasteiger partial charge on any atom is 0.271 e. The van der Waals surface area contributed by atoms with Gasteiger partial charge in [-0.2, -0.15) is 0 Å². The standard InChI is InChI=1S/C23H27N3O4/c1-16-15-24(2)22(21(16)19-6-5-13-30-19)23(27)26-11-9-25(10-12-26)18-8-7-17(28-3)14-20(18)29-4/h5-8,13-15H,9-12H2,1-4H3. The molecule has 0 saturated carbocycles. The largest absolute Gasteiger partial charge is 0.497 e. The van der Waals surface area contributed by atoms with Gasteiger partial charge in [-0.15, -0.1) is 0 Å². The monoisotopic (exact) mass is 409 g/mol. The normalized spacial score (nSPS) is 14.1. The van der Waals surface area contributed by atoms with Crippen molar-refractivity contribution in [2.24, 2.45) is 7.05 Å². The number of benzene rings is 1. The zero-order chi connectivity index (χ0) is 21.3. The Morgan fingerprint density at radius 3 is 2.47 bits per heavy atom. The van der Waals surface area contributed by atoms with Gasteiger partial charge in [0, 0.05) is 45.5 Å². The molecule has 0 atom stereocenters. The van der Waals surface area contributed by atoms with Crippen LogP contribution in [0.3, 0.4) is 0 Å². The highest BCUT2D eigenvalue weighted by atomic mass is 16.5. The molecule has 7 nitrogen and oxygen atoms in total. The predicted molar refractivity (Wildman–Crippen MR) is 116 cm³/mol. The number of aromatic nitrogens is 1. The van der Waals surface area contributed by atoms with Crippen molar-refractivity contribution in [3.8, 4) is 22.8 Å². The van der Waals surface area contributed by atoms with Gasteiger partial charge in [0.05, 0.1) is 31.7 Å². The van der Waals surface area contributed by atoms with Crippen LogP contribution in [0.5, 0.6) is 11.5 Å². The third kappa shape index (κ3) is 3.51. The van der Waals surface area contributed by atoms with Crippen LogP contribution >= 0.6 is 0 Å². The van der Waals surface area contributed by atoms with Gasteiger partial charge < -0.3 is 28.3 Å².